The molecule has 0 aliphatic heterocycles. The highest BCUT2D eigenvalue weighted by Gasteiger charge is 2.13. The highest BCUT2D eigenvalue weighted by atomic mass is 16.5. The van der Waals surface area contributed by atoms with Crippen molar-refractivity contribution in [2.24, 2.45) is 0 Å². The lowest BCUT2D eigenvalue weighted by atomic mass is 10.1. The van der Waals surface area contributed by atoms with E-state index in [1.165, 1.54) is 0 Å². The first kappa shape index (κ1) is 12.4. The molecule has 0 aliphatic rings. The first-order chi connectivity index (χ1) is 8.65. The van der Waals surface area contributed by atoms with Crippen LogP contribution in [0, 0.1) is 0 Å². The van der Waals surface area contributed by atoms with Crippen LogP contribution in [-0.2, 0) is 0 Å². The first-order valence-electron chi connectivity index (χ1n) is 5.80. The molecule has 0 aliphatic carbocycles. The predicted molar refractivity (Wildman–Crippen MR) is 69.0 cm³/mol. The number of rotatable bonds is 4. The summed E-state index contributed by atoms with van der Waals surface area (Å²) in [6.45, 7) is 4.13. The summed E-state index contributed by atoms with van der Waals surface area (Å²) in [6.07, 6.45) is 0. The van der Waals surface area contributed by atoms with E-state index in [2.05, 4.69) is 29.0 Å². The van der Waals surface area contributed by atoms with Crippen LogP contribution in [0.1, 0.15) is 25.6 Å². The molecular weight excluding hydrogens is 230 g/mol. The van der Waals surface area contributed by atoms with Crippen LogP contribution in [0.3, 0.4) is 0 Å². The van der Waals surface area contributed by atoms with E-state index in [-0.39, 0.29) is 0 Å². The maximum absolute atomic E-state index is 5.34. The van der Waals surface area contributed by atoms with Gasteiger partial charge in [0.05, 0.1) is 19.8 Å². The van der Waals surface area contributed by atoms with Crippen LogP contribution >= 0.6 is 0 Å². The molecule has 0 fully saturated rings. The Labute approximate surface area is 106 Å². The molecule has 0 spiro atoms. The fourth-order valence-electron chi connectivity index (χ4n) is 1.64. The van der Waals surface area contributed by atoms with Gasteiger partial charge in [-0.2, -0.15) is 5.10 Å². The van der Waals surface area contributed by atoms with Gasteiger partial charge in [0.15, 0.2) is 5.82 Å². The molecule has 5 heteroatoms. The number of aromatic nitrogens is 3. The Morgan fingerprint density at radius 3 is 2.50 bits per heavy atom. The summed E-state index contributed by atoms with van der Waals surface area (Å²) in [6, 6.07) is 5.58. The zero-order valence-electron chi connectivity index (χ0n) is 11.0. The van der Waals surface area contributed by atoms with Crippen molar-refractivity contribution >= 4 is 0 Å². The Hall–Kier alpha value is -2.04. The quantitative estimate of drug-likeness (QED) is 0.902. The molecule has 1 aromatic carbocycles. The standard InChI is InChI=1S/C13H17N3O2/c1-8(2)12-14-13(16-15-12)10-6-5-9(17-3)7-11(10)18-4/h5-8H,1-4H3,(H,14,15,16). The SMILES string of the molecule is COc1ccc(-c2n[nH]c(C(C)C)n2)c(OC)c1. The molecule has 0 unspecified atom stereocenters. The van der Waals surface area contributed by atoms with Crippen molar-refractivity contribution < 1.29 is 9.47 Å². The van der Waals surface area contributed by atoms with Gasteiger partial charge in [-0.15, -0.1) is 0 Å². The van der Waals surface area contributed by atoms with Gasteiger partial charge in [-0.25, -0.2) is 4.98 Å². The van der Waals surface area contributed by atoms with Gasteiger partial charge in [-0.3, -0.25) is 5.10 Å². The van der Waals surface area contributed by atoms with Gasteiger partial charge in [0, 0.05) is 12.0 Å². The van der Waals surface area contributed by atoms with Crippen LogP contribution in [0.15, 0.2) is 18.2 Å². The lowest BCUT2D eigenvalue weighted by Crippen LogP contribution is -1.92. The second kappa shape index (κ2) is 5.08. The topological polar surface area (TPSA) is 60.0 Å². The van der Waals surface area contributed by atoms with Crippen molar-refractivity contribution in [3.8, 4) is 22.9 Å². The van der Waals surface area contributed by atoms with Crippen LogP contribution in [0.4, 0.5) is 0 Å². The molecule has 2 aromatic rings. The Balaban J connectivity index is 2.42. The van der Waals surface area contributed by atoms with E-state index in [0.717, 1.165) is 17.1 Å². The monoisotopic (exact) mass is 247 g/mol. The van der Waals surface area contributed by atoms with Crippen molar-refractivity contribution in [1.29, 1.82) is 0 Å². The van der Waals surface area contributed by atoms with E-state index in [0.29, 0.717) is 17.5 Å². The van der Waals surface area contributed by atoms with Gasteiger partial charge in [-0.05, 0) is 12.1 Å². The number of nitrogens with zero attached hydrogens (tertiary/aromatic N) is 2. The van der Waals surface area contributed by atoms with Crippen LogP contribution < -0.4 is 9.47 Å². The van der Waals surface area contributed by atoms with Gasteiger partial charge in [0.1, 0.15) is 17.3 Å². The third-order valence-electron chi connectivity index (χ3n) is 2.70. The van der Waals surface area contributed by atoms with Crippen molar-refractivity contribution in [2.75, 3.05) is 14.2 Å². The fourth-order valence-corrected chi connectivity index (χ4v) is 1.64. The summed E-state index contributed by atoms with van der Waals surface area (Å²) in [5, 5.41) is 7.15. The summed E-state index contributed by atoms with van der Waals surface area (Å²) < 4.78 is 10.5. The van der Waals surface area contributed by atoms with Gasteiger partial charge >= 0.3 is 0 Å². The Morgan fingerprint density at radius 1 is 1.17 bits per heavy atom. The number of ether oxygens (including phenoxy) is 2. The van der Waals surface area contributed by atoms with E-state index in [1.807, 2.05) is 18.2 Å². The summed E-state index contributed by atoms with van der Waals surface area (Å²) in [4.78, 5) is 4.46. The Bertz CT molecular complexity index is 535. The molecular formula is C13H17N3O2. The van der Waals surface area contributed by atoms with E-state index in [9.17, 15) is 0 Å². The highest BCUT2D eigenvalue weighted by Crippen LogP contribution is 2.31. The lowest BCUT2D eigenvalue weighted by molar-refractivity contribution is 0.395. The third-order valence-corrected chi connectivity index (χ3v) is 2.70. The number of H-pyrrole nitrogens is 1. The summed E-state index contributed by atoms with van der Waals surface area (Å²) in [5.41, 5.74) is 0.849. The lowest BCUT2D eigenvalue weighted by Gasteiger charge is -2.07. The zero-order valence-corrected chi connectivity index (χ0v) is 11.0. The average molecular weight is 247 g/mol. The number of aromatic amines is 1. The van der Waals surface area contributed by atoms with Gasteiger partial charge in [0.25, 0.3) is 0 Å². The van der Waals surface area contributed by atoms with E-state index >= 15 is 0 Å². The van der Waals surface area contributed by atoms with Gasteiger partial charge < -0.3 is 9.47 Å². The van der Waals surface area contributed by atoms with Crippen molar-refractivity contribution in [1.82, 2.24) is 15.2 Å². The molecule has 18 heavy (non-hydrogen) atoms. The minimum absolute atomic E-state index is 0.315. The molecule has 0 amide bonds. The number of benzene rings is 1. The van der Waals surface area contributed by atoms with Gasteiger partial charge in [0.2, 0.25) is 0 Å². The zero-order chi connectivity index (χ0) is 13.1. The normalized spacial score (nSPS) is 10.7. The van der Waals surface area contributed by atoms with Crippen LogP contribution in [0.2, 0.25) is 0 Å². The second-order valence-corrected chi connectivity index (χ2v) is 4.27. The fraction of sp³-hybridized carbons (Fsp3) is 0.385. The van der Waals surface area contributed by atoms with Crippen LogP contribution in [0.25, 0.3) is 11.4 Å². The summed E-state index contributed by atoms with van der Waals surface area (Å²) >= 11 is 0. The molecule has 5 nitrogen and oxygen atoms in total. The molecule has 0 bridgehead atoms. The molecule has 1 aromatic heterocycles. The maximum atomic E-state index is 5.34. The van der Waals surface area contributed by atoms with Crippen molar-refractivity contribution in [3.05, 3.63) is 24.0 Å². The summed E-state index contributed by atoms with van der Waals surface area (Å²) in [5.74, 6) is 3.26. The molecule has 0 atom stereocenters. The number of methoxy groups -OCH3 is 2. The molecule has 2 rings (SSSR count). The van der Waals surface area contributed by atoms with Crippen molar-refractivity contribution in [3.63, 3.8) is 0 Å². The van der Waals surface area contributed by atoms with E-state index < -0.39 is 0 Å². The molecule has 1 heterocycles. The predicted octanol–water partition coefficient (Wildman–Crippen LogP) is 2.61. The Kier molecular flexibility index (Phi) is 3.50. The summed E-state index contributed by atoms with van der Waals surface area (Å²) in [7, 11) is 3.24. The third kappa shape index (κ3) is 2.30. The largest absolute Gasteiger partial charge is 0.497 e. The van der Waals surface area contributed by atoms with Crippen molar-refractivity contribution in [2.45, 2.75) is 19.8 Å². The maximum Gasteiger partial charge on any atom is 0.184 e. The second-order valence-electron chi connectivity index (χ2n) is 4.27. The molecule has 0 radical (unpaired) electrons. The number of hydrogen-bond donors (Lipinski definition) is 1. The minimum atomic E-state index is 0.315. The Morgan fingerprint density at radius 2 is 1.94 bits per heavy atom. The van der Waals surface area contributed by atoms with E-state index in [1.54, 1.807) is 14.2 Å². The van der Waals surface area contributed by atoms with Crippen LogP contribution in [0.5, 0.6) is 11.5 Å². The molecule has 96 valence electrons. The molecule has 0 saturated carbocycles. The minimum Gasteiger partial charge on any atom is -0.497 e. The smallest absolute Gasteiger partial charge is 0.184 e. The van der Waals surface area contributed by atoms with Crippen LogP contribution in [-0.4, -0.2) is 29.4 Å². The molecule has 1 N–H and O–H groups in total. The van der Waals surface area contributed by atoms with E-state index in [4.69, 9.17) is 9.47 Å². The first-order valence-corrected chi connectivity index (χ1v) is 5.80. The average Bonchev–Trinajstić information content (AvgIpc) is 2.87. The number of hydrogen-bond acceptors (Lipinski definition) is 4. The van der Waals surface area contributed by atoms with Gasteiger partial charge in [-0.1, -0.05) is 13.8 Å². The number of nitrogens with one attached hydrogen (secondary N) is 1. The molecule has 0 saturated heterocycles. The highest BCUT2D eigenvalue weighted by molar-refractivity contribution is 5.65.